The molecule has 2 aromatic rings. The Morgan fingerprint density at radius 3 is 2.14 bits per heavy atom. The minimum atomic E-state index is -3.80. The molecule has 0 radical (unpaired) electrons. The third-order valence-corrected chi connectivity index (χ3v) is 6.71. The molecule has 2 aromatic carbocycles. The van der Waals surface area contributed by atoms with E-state index in [0.29, 0.717) is 22.8 Å². The fraction of sp³-hybridized carbons (Fsp3) is 0.429. The average Bonchev–Trinajstić information content (AvgIpc) is 2.71. The summed E-state index contributed by atoms with van der Waals surface area (Å²) >= 11 is 0. The quantitative estimate of drug-likeness (QED) is 0.761. The first-order valence-electron chi connectivity index (χ1n) is 9.33. The maximum Gasteiger partial charge on any atom is 0.244 e. The van der Waals surface area contributed by atoms with Gasteiger partial charge >= 0.3 is 0 Å². The molecule has 0 unspecified atom stereocenters. The standard InChI is InChI=1S/C21H27NO5S/c1-14(18-13-17(25-2)9-10-19(18)26-3)22-28(23,24)21-12-16-8-6-5-7-15(16)11-20(21)27-4/h9-14,22H,5-8H2,1-4H3/t14-/m1/s1. The van der Waals surface area contributed by atoms with Crippen LogP contribution in [0.4, 0.5) is 0 Å². The average molecular weight is 406 g/mol. The molecule has 0 saturated carbocycles. The molecule has 1 N–H and O–H groups in total. The van der Waals surface area contributed by atoms with Crippen LogP contribution < -0.4 is 18.9 Å². The van der Waals surface area contributed by atoms with E-state index in [-0.39, 0.29) is 4.90 Å². The Balaban J connectivity index is 1.96. The van der Waals surface area contributed by atoms with Crippen molar-refractivity contribution in [2.24, 2.45) is 0 Å². The Hall–Kier alpha value is -2.25. The molecule has 1 atom stereocenters. The van der Waals surface area contributed by atoms with Gasteiger partial charge in [-0.1, -0.05) is 0 Å². The van der Waals surface area contributed by atoms with Gasteiger partial charge < -0.3 is 14.2 Å². The first kappa shape index (κ1) is 20.5. The minimum absolute atomic E-state index is 0.171. The molecule has 0 aliphatic heterocycles. The molecular formula is C21H27NO5S. The zero-order valence-electron chi connectivity index (χ0n) is 16.7. The fourth-order valence-corrected chi connectivity index (χ4v) is 5.07. The number of methoxy groups -OCH3 is 3. The van der Waals surface area contributed by atoms with Gasteiger partial charge in [0, 0.05) is 11.6 Å². The molecule has 0 aromatic heterocycles. The smallest absolute Gasteiger partial charge is 0.244 e. The number of hydrogen-bond acceptors (Lipinski definition) is 5. The SMILES string of the molecule is COc1ccc(OC)c([C@@H](C)NS(=O)(=O)c2cc3c(cc2OC)CCCC3)c1. The van der Waals surface area contributed by atoms with Gasteiger partial charge in [-0.15, -0.1) is 0 Å². The van der Waals surface area contributed by atoms with Crippen LogP contribution in [0, 0.1) is 0 Å². The van der Waals surface area contributed by atoms with Crippen LogP contribution in [0.2, 0.25) is 0 Å². The van der Waals surface area contributed by atoms with Gasteiger partial charge in [0.2, 0.25) is 10.0 Å². The summed E-state index contributed by atoms with van der Waals surface area (Å²) in [5, 5.41) is 0. The van der Waals surface area contributed by atoms with E-state index in [4.69, 9.17) is 14.2 Å². The first-order chi connectivity index (χ1) is 13.4. The second kappa shape index (κ2) is 8.41. The number of rotatable bonds is 7. The Labute approximate surface area is 166 Å². The number of aryl methyl sites for hydroxylation is 2. The largest absolute Gasteiger partial charge is 0.497 e. The topological polar surface area (TPSA) is 73.9 Å². The fourth-order valence-electron chi connectivity index (χ4n) is 3.65. The van der Waals surface area contributed by atoms with Gasteiger partial charge in [-0.2, -0.15) is 0 Å². The number of ether oxygens (including phenoxy) is 3. The van der Waals surface area contributed by atoms with Crippen LogP contribution in [0.5, 0.6) is 17.2 Å². The second-order valence-corrected chi connectivity index (χ2v) is 8.61. The summed E-state index contributed by atoms with van der Waals surface area (Å²) in [6, 6.07) is 8.41. The molecule has 28 heavy (non-hydrogen) atoms. The highest BCUT2D eigenvalue weighted by atomic mass is 32.2. The van der Waals surface area contributed by atoms with Crippen molar-refractivity contribution in [3.05, 3.63) is 47.0 Å². The second-order valence-electron chi connectivity index (χ2n) is 6.93. The molecule has 1 aliphatic rings. The highest BCUT2D eigenvalue weighted by molar-refractivity contribution is 7.89. The molecule has 0 saturated heterocycles. The summed E-state index contributed by atoms with van der Waals surface area (Å²) < 4.78 is 45.2. The highest BCUT2D eigenvalue weighted by Gasteiger charge is 2.26. The van der Waals surface area contributed by atoms with Crippen molar-refractivity contribution in [3.63, 3.8) is 0 Å². The van der Waals surface area contributed by atoms with E-state index in [2.05, 4.69) is 4.72 Å². The summed E-state index contributed by atoms with van der Waals surface area (Å²) in [5.41, 5.74) is 2.95. The van der Waals surface area contributed by atoms with Crippen molar-refractivity contribution in [1.82, 2.24) is 4.72 Å². The molecule has 0 spiro atoms. The molecule has 0 bridgehead atoms. The van der Waals surface area contributed by atoms with Gasteiger partial charge in [0.25, 0.3) is 0 Å². The number of benzene rings is 2. The summed E-state index contributed by atoms with van der Waals surface area (Å²) in [6.07, 6.45) is 4.04. The molecule has 0 amide bonds. The van der Waals surface area contributed by atoms with Gasteiger partial charge in [0.15, 0.2) is 0 Å². The number of sulfonamides is 1. The van der Waals surface area contributed by atoms with Crippen molar-refractivity contribution in [2.45, 2.75) is 43.5 Å². The van der Waals surface area contributed by atoms with Crippen molar-refractivity contribution < 1.29 is 22.6 Å². The molecule has 0 heterocycles. The van der Waals surface area contributed by atoms with Crippen LogP contribution in [-0.4, -0.2) is 29.7 Å². The zero-order chi connectivity index (χ0) is 20.3. The molecular weight excluding hydrogens is 378 g/mol. The van der Waals surface area contributed by atoms with Gasteiger partial charge in [-0.05, 0) is 74.1 Å². The van der Waals surface area contributed by atoms with E-state index < -0.39 is 16.1 Å². The number of fused-ring (bicyclic) bond motifs is 1. The van der Waals surface area contributed by atoms with E-state index in [1.54, 1.807) is 45.4 Å². The molecule has 152 valence electrons. The Kier molecular flexibility index (Phi) is 6.15. The molecule has 3 rings (SSSR count). The van der Waals surface area contributed by atoms with Gasteiger partial charge in [-0.3, -0.25) is 0 Å². The third-order valence-electron chi connectivity index (χ3n) is 5.15. The Bertz CT molecular complexity index is 956. The van der Waals surface area contributed by atoms with Gasteiger partial charge in [0.1, 0.15) is 22.1 Å². The van der Waals surface area contributed by atoms with E-state index in [1.165, 1.54) is 12.7 Å². The third kappa shape index (κ3) is 4.10. The van der Waals surface area contributed by atoms with Crippen molar-refractivity contribution >= 4 is 10.0 Å². The lowest BCUT2D eigenvalue weighted by Crippen LogP contribution is -2.28. The number of nitrogens with one attached hydrogen (secondary N) is 1. The summed E-state index contributed by atoms with van der Waals surface area (Å²) in [6.45, 7) is 1.78. The van der Waals surface area contributed by atoms with Gasteiger partial charge in [0.05, 0.1) is 21.3 Å². The zero-order valence-corrected chi connectivity index (χ0v) is 17.6. The van der Waals surface area contributed by atoms with Crippen LogP contribution in [0.1, 0.15) is 42.5 Å². The lowest BCUT2D eigenvalue weighted by atomic mass is 9.92. The van der Waals surface area contributed by atoms with Crippen LogP contribution in [0.25, 0.3) is 0 Å². The van der Waals surface area contributed by atoms with Crippen LogP contribution in [-0.2, 0) is 22.9 Å². The highest BCUT2D eigenvalue weighted by Crippen LogP contribution is 2.34. The molecule has 0 fully saturated rings. The monoisotopic (exact) mass is 405 g/mol. The normalized spacial score (nSPS) is 14.9. The van der Waals surface area contributed by atoms with E-state index in [1.807, 2.05) is 6.07 Å². The number of hydrogen-bond donors (Lipinski definition) is 1. The predicted molar refractivity (Wildman–Crippen MR) is 108 cm³/mol. The first-order valence-corrected chi connectivity index (χ1v) is 10.8. The van der Waals surface area contributed by atoms with Crippen molar-refractivity contribution in [1.29, 1.82) is 0 Å². The lowest BCUT2D eigenvalue weighted by molar-refractivity contribution is 0.394. The van der Waals surface area contributed by atoms with E-state index >= 15 is 0 Å². The summed E-state index contributed by atoms with van der Waals surface area (Å²) in [5.74, 6) is 1.60. The van der Waals surface area contributed by atoms with Gasteiger partial charge in [-0.25, -0.2) is 13.1 Å². The van der Waals surface area contributed by atoms with Crippen LogP contribution in [0.15, 0.2) is 35.2 Å². The molecule has 1 aliphatic carbocycles. The summed E-state index contributed by atoms with van der Waals surface area (Å²) in [7, 11) is 0.821. The van der Waals surface area contributed by atoms with E-state index in [9.17, 15) is 8.42 Å². The van der Waals surface area contributed by atoms with E-state index in [0.717, 1.165) is 31.2 Å². The minimum Gasteiger partial charge on any atom is -0.497 e. The maximum absolute atomic E-state index is 13.2. The van der Waals surface area contributed by atoms with Crippen LogP contribution >= 0.6 is 0 Å². The predicted octanol–water partition coefficient (Wildman–Crippen LogP) is 3.63. The molecule has 7 heteroatoms. The van der Waals surface area contributed by atoms with Crippen LogP contribution in [0.3, 0.4) is 0 Å². The Morgan fingerprint density at radius 2 is 1.54 bits per heavy atom. The maximum atomic E-state index is 13.2. The van der Waals surface area contributed by atoms with Crippen molar-refractivity contribution in [3.8, 4) is 17.2 Å². The summed E-state index contributed by atoms with van der Waals surface area (Å²) in [4.78, 5) is 0.171. The van der Waals surface area contributed by atoms with Crippen molar-refractivity contribution in [2.75, 3.05) is 21.3 Å². The molecule has 6 nitrogen and oxygen atoms in total. The Morgan fingerprint density at radius 1 is 0.893 bits per heavy atom. The lowest BCUT2D eigenvalue weighted by Gasteiger charge is -2.22.